The van der Waals surface area contributed by atoms with Gasteiger partial charge in [-0.1, -0.05) is 6.92 Å². The van der Waals surface area contributed by atoms with E-state index in [0.29, 0.717) is 11.3 Å². The van der Waals surface area contributed by atoms with Crippen LogP contribution in [0.2, 0.25) is 0 Å². The molecule has 3 atom stereocenters. The number of aliphatic hydroxyl groups is 1. The third-order valence-corrected chi connectivity index (χ3v) is 3.92. The van der Waals surface area contributed by atoms with Crippen molar-refractivity contribution in [1.29, 1.82) is 0 Å². The normalized spacial score (nSPS) is 28.8. The van der Waals surface area contributed by atoms with Crippen molar-refractivity contribution in [1.82, 2.24) is 5.32 Å². The number of hydrogen-bond acceptors (Lipinski definition) is 3. The van der Waals surface area contributed by atoms with Crippen LogP contribution in [0.1, 0.15) is 26.7 Å². The first-order valence-electron chi connectivity index (χ1n) is 4.73. The van der Waals surface area contributed by atoms with Crippen LogP contribution in [0.15, 0.2) is 0 Å². The van der Waals surface area contributed by atoms with Crippen molar-refractivity contribution in [2.45, 2.75) is 44.1 Å². The third kappa shape index (κ3) is 3.33. The zero-order valence-corrected chi connectivity index (χ0v) is 8.73. The molecular formula is C9H19NOS. The molecule has 3 heteroatoms. The molecule has 1 aliphatic rings. The lowest BCUT2D eigenvalue weighted by Gasteiger charge is -2.16. The summed E-state index contributed by atoms with van der Waals surface area (Å²) in [5, 5.41) is 13.1. The molecule has 0 radical (unpaired) electrons. The third-order valence-electron chi connectivity index (χ3n) is 2.40. The summed E-state index contributed by atoms with van der Waals surface area (Å²) in [4.78, 5) is 0. The Hall–Kier alpha value is 0.270. The van der Waals surface area contributed by atoms with Crippen molar-refractivity contribution in [3.63, 3.8) is 0 Å². The molecular weight excluding hydrogens is 170 g/mol. The van der Waals surface area contributed by atoms with Crippen LogP contribution < -0.4 is 5.32 Å². The van der Waals surface area contributed by atoms with Gasteiger partial charge in [-0.2, -0.15) is 11.8 Å². The summed E-state index contributed by atoms with van der Waals surface area (Å²) in [6.45, 7) is 5.12. The molecule has 1 rings (SSSR count). The van der Waals surface area contributed by atoms with Crippen molar-refractivity contribution >= 4 is 11.8 Å². The predicted molar refractivity (Wildman–Crippen MR) is 54.6 cm³/mol. The Morgan fingerprint density at radius 3 is 2.83 bits per heavy atom. The molecule has 0 aromatic carbocycles. The molecule has 0 aromatic heterocycles. The molecule has 2 nitrogen and oxygen atoms in total. The van der Waals surface area contributed by atoms with E-state index >= 15 is 0 Å². The topological polar surface area (TPSA) is 32.3 Å². The molecule has 0 amide bonds. The van der Waals surface area contributed by atoms with Crippen LogP contribution in [0, 0.1) is 0 Å². The van der Waals surface area contributed by atoms with E-state index in [1.807, 2.05) is 18.7 Å². The summed E-state index contributed by atoms with van der Waals surface area (Å²) in [5.74, 6) is 1.14. The molecule has 1 heterocycles. The standard InChI is InChI=1S/C9H19NOS/c1-7(11)8(2)12-6-9-4-3-5-10-9/h7-11H,3-6H2,1-2H3. The SMILES string of the molecule is CC(O)C(C)SCC1CCCN1. The van der Waals surface area contributed by atoms with E-state index in [1.165, 1.54) is 19.4 Å². The summed E-state index contributed by atoms with van der Waals surface area (Å²) < 4.78 is 0. The van der Waals surface area contributed by atoms with Gasteiger partial charge in [0.05, 0.1) is 6.10 Å². The minimum absolute atomic E-state index is 0.184. The van der Waals surface area contributed by atoms with Crippen LogP contribution in [-0.2, 0) is 0 Å². The summed E-state index contributed by atoms with van der Waals surface area (Å²) >= 11 is 1.87. The maximum absolute atomic E-state index is 9.25. The lowest BCUT2D eigenvalue weighted by molar-refractivity contribution is 0.196. The fourth-order valence-corrected chi connectivity index (χ4v) is 2.41. The molecule has 3 unspecified atom stereocenters. The van der Waals surface area contributed by atoms with Gasteiger partial charge >= 0.3 is 0 Å². The number of aliphatic hydroxyl groups excluding tert-OH is 1. The molecule has 1 aliphatic heterocycles. The van der Waals surface area contributed by atoms with Gasteiger partial charge in [-0.15, -0.1) is 0 Å². The highest BCUT2D eigenvalue weighted by Gasteiger charge is 2.16. The highest BCUT2D eigenvalue weighted by Crippen LogP contribution is 2.18. The predicted octanol–water partition coefficient (Wildman–Crippen LogP) is 1.24. The smallest absolute Gasteiger partial charge is 0.0628 e. The van der Waals surface area contributed by atoms with Crippen LogP contribution in [0.25, 0.3) is 0 Å². The summed E-state index contributed by atoms with van der Waals surface area (Å²) in [6, 6.07) is 0.691. The van der Waals surface area contributed by atoms with Crippen molar-refractivity contribution in [3.8, 4) is 0 Å². The molecule has 72 valence electrons. The van der Waals surface area contributed by atoms with Crippen molar-refractivity contribution in [2.24, 2.45) is 0 Å². The average molecular weight is 189 g/mol. The molecule has 12 heavy (non-hydrogen) atoms. The Bertz CT molecular complexity index is 122. The van der Waals surface area contributed by atoms with Gasteiger partial charge in [-0.3, -0.25) is 0 Å². The Kier molecular flexibility index (Phi) is 4.40. The molecule has 2 N–H and O–H groups in total. The van der Waals surface area contributed by atoms with Crippen LogP contribution in [0.3, 0.4) is 0 Å². The highest BCUT2D eigenvalue weighted by molar-refractivity contribution is 7.99. The Morgan fingerprint density at radius 1 is 1.58 bits per heavy atom. The first-order valence-corrected chi connectivity index (χ1v) is 5.78. The largest absolute Gasteiger partial charge is 0.392 e. The van der Waals surface area contributed by atoms with Gasteiger partial charge < -0.3 is 10.4 Å². The quantitative estimate of drug-likeness (QED) is 0.698. The molecule has 1 saturated heterocycles. The maximum atomic E-state index is 9.25. The van der Waals surface area contributed by atoms with Crippen LogP contribution in [0.5, 0.6) is 0 Å². The lowest BCUT2D eigenvalue weighted by Crippen LogP contribution is -2.26. The molecule has 0 aromatic rings. The molecule has 0 saturated carbocycles. The van der Waals surface area contributed by atoms with Gasteiger partial charge in [0.2, 0.25) is 0 Å². The number of hydrogen-bond donors (Lipinski definition) is 2. The first kappa shape index (κ1) is 10.4. The van der Waals surface area contributed by atoms with E-state index < -0.39 is 0 Å². The van der Waals surface area contributed by atoms with E-state index in [2.05, 4.69) is 12.2 Å². The number of thioether (sulfide) groups is 1. The first-order chi connectivity index (χ1) is 5.70. The Balaban J connectivity index is 2.07. The van der Waals surface area contributed by atoms with Gasteiger partial charge in [0.25, 0.3) is 0 Å². The fourth-order valence-electron chi connectivity index (χ4n) is 1.31. The number of nitrogens with one attached hydrogen (secondary N) is 1. The van der Waals surface area contributed by atoms with Crippen molar-refractivity contribution in [3.05, 3.63) is 0 Å². The molecule has 0 aliphatic carbocycles. The van der Waals surface area contributed by atoms with Crippen LogP contribution in [-0.4, -0.2) is 34.8 Å². The zero-order valence-electron chi connectivity index (χ0n) is 7.92. The van der Waals surface area contributed by atoms with E-state index in [1.54, 1.807) is 0 Å². The summed E-state index contributed by atoms with van der Waals surface area (Å²) in [5.41, 5.74) is 0. The summed E-state index contributed by atoms with van der Waals surface area (Å²) in [7, 11) is 0. The average Bonchev–Trinajstić information content (AvgIpc) is 2.51. The van der Waals surface area contributed by atoms with Crippen LogP contribution >= 0.6 is 11.8 Å². The lowest BCUT2D eigenvalue weighted by atomic mass is 10.3. The van der Waals surface area contributed by atoms with Crippen LogP contribution in [0.4, 0.5) is 0 Å². The van der Waals surface area contributed by atoms with E-state index in [0.717, 1.165) is 5.75 Å². The Morgan fingerprint density at radius 2 is 2.33 bits per heavy atom. The van der Waals surface area contributed by atoms with Gasteiger partial charge in [0, 0.05) is 17.0 Å². The second-order valence-corrected chi connectivity index (χ2v) is 4.98. The number of rotatable bonds is 4. The second kappa shape index (κ2) is 5.10. The van der Waals surface area contributed by atoms with Gasteiger partial charge in [0.15, 0.2) is 0 Å². The minimum atomic E-state index is -0.184. The Labute approximate surface area is 79.1 Å². The van der Waals surface area contributed by atoms with E-state index in [9.17, 15) is 5.11 Å². The zero-order chi connectivity index (χ0) is 8.97. The summed E-state index contributed by atoms with van der Waals surface area (Å²) in [6.07, 6.45) is 2.43. The van der Waals surface area contributed by atoms with Crippen molar-refractivity contribution < 1.29 is 5.11 Å². The van der Waals surface area contributed by atoms with E-state index in [-0.39, 0.29) is 6.10 Å². The maximum Gasteiger partial charge on any atom is 0.0628 e. The fraction of sp³-hybridized carbons (Fsp3) is 1.00. The second-order valence-electron chi connectivity index (χ2n) is 3.57. The monoisotopic (exact) mass is 189 g/mol. The molecule has 0 bridgehead atoms. The van der Waals surface area contributed by atoms with Gasteiger partial charge in [-0.05, 0) is 26.3 Å². The van der Waals surface area contributed by atoms with Gasteiger partial charge in [0.1, 0.15) is 0 Å². The minimum Gasteiger partial charge on any atom is -0.392 e. The molecule has 1 fully saturated rings. The van der Waals surface area contributed by atoms with E-state index in [4.69, 9.17) is 0 Å². The molecule has 0 spiro atoms. The van der Waals surface area contributed by atoms with Crippen molar-refractivity contribution in [2.75, 3.05) is 12.3 Å². The highest BCUT2D eigenvalue weighted by atomic mass is 32.2. The van der Waals surface area contributed by atoms with Gasteiger partial charge in [-0.25, -0.2) is 0 Å².